The number of rotatable bonds is 8. The van der Waals surface area contributed by atoms with E-state index in [1.54, 1.807) is 0 Å². The molecule has 3 rings (SSSR count). The monoisotopic (exact) mass is 402 g/mol. The van der Waals surface area contributed by atoms with Crippen LogP contribution in [0.3, 0.4) is 0 Å². The second-order valence-electron chi connectivity index (χ2n) is 7.13. The van der Waals surface area contributed by atoms with Gasteiger partial charge in [-0.05, 0) is 36.8 Å². The molecule has 0 radical (unpaired) electrons. The molecule has 2 amide bonds. The molecule has 2 aromatic rings. The first kappa shape index (κ1) is 20.3. The van der Waals surface area contributed by atoms with Crippen molar-refractivity contribution >= 4 is 28.5 Å². The Bertz CT molecular complexity index is 806. The molecule has 1 aromatic carbocycles. The number of carbonyl (C=O) groups excluding carboxylic acids is 1. The van der Waals surface area contributed by atoms with Gasteiger partial charge in [0.05, 0.1) is 5.69 Å². The maximum absolute atomic E-state index is 11.1. The summed E-state index contributed by atoms with van der Waals surface area (Å²) in [4.78, 5) is 28.5. The summed E-state index contributed by atoms with van der Waals surface area (Å²) in [6, 6.07) is 8.71. The summed E-state index contributed by atoms with van der Waals surface area (Å²) in [5.41, 5.74) is 3.56. The third-order valence-corrected chi connectivity index (χ3v) is 5.65. The van der Waals surface area contributed by atoms with Gasteiger partial charge in [-0.25, -0.2) is 9.78 Å². The van der Waals surface area contributed by atoms with Crippen LogP contribution < -0.4 is 10.6 Å². The molecule has 1 atom stereocenters. The van der Waals surface area contributed by atoms with Crippen molar-refractivity contribution in [2.45, 2.75) is 38.6 Å². The first-order valence-corrected chi connectivity index (χ1v) is 10.4. The summed E-state index contributed by atoms with van der Waals surface area (Å²) >= 11 is 1.45. The summed E-state index contributed by atoms with van der Waals surface area (Å²) in [6.45, 7) is 4.16. The number of hydrogen-bond acceptors (Lipinski definition) is 5. The van der Waals surface area contributed by atoms with E-state index in [0.717, 1.165) is 51.0 Å². The van der Waals surface area contributed by atoms with E-state index in [0.29, 0.717) is 5.13 Å². The zero-order chi connectivity index (χ0) is 19.9. The second-order valence-corrected chi connectivity index (χ2v) is 7.99. The highest BCUT2D eigenvalue weighted by Crippen LogP contribution is 2.17. The molecule has 0 bridgehead atoms. The van der Waals surface area contributed by atoms with Crippen LogP contribution >= 0.6 is 11.3 Å². The van der Waals surface area contributed by atoms with Gasteiger partial charge in [0.15, 0.2) is 5.13 Å². The number of nitrogens with zero attached hydrogens (tertiary/aromatic N) is 2. The summed E-state index contributed by atoms with van der Waals surface area (Å²) in [6.07, 6.45) is 2.67. The van der Waals surface area contributed by atoms with Crippen LogP contribution in [0.2, 0.25) is 0 Å². The van der Waals surface area contributed by atoms with Gasteiger partial charge in [-0.3, -0.25) is 4.79 Å². The van der Waals surface area contributed by atoms with Gasteiger partial charge in [0.1, 0.15) is 0 Å². The standard InChI is InChI=1S/C20H26N4O3S/c1-14(25)21-19-22-18(13-28-19)7-6-15-2-4-16(5-3-15)8-10-24-11-9-17(12-24)23-20(26)27/h2-5,13,17,23H,6-12H2,1H3,(H,26,27)(H,21,22,25). The molecule has 1 fully saturated rings. The van der Waals surface area contributed by atoms with Crippen LogP contribution in [0, 0.1) is 0 Å². The topological polar surface area (TPSA) is 94.6 Å². The molecule has 7 nitrogen and oxygen atoms in total. The molecule has 1 aliphatic heterocycles. The Morgan fingerprint density at radius 1 is 1.21 bits per heavy atom. The zero-order valence-corrected chi connectivity index (χ0v) is 16.8. The van der Waals surface area contributed by atoms with E-state index >= 15 is 0 Å². The Labute approximate surface area is 168 Å². The van der Waals surface area contributed by atoms with Crippen molar-refractivity contribution in [1.82, 2.24) is 15.2 Å². The van der Waals surface area contributed by atoms with Crippen LogP contribution in [0.15, 0.2) is 29.6 Å². The molecular weight excluding hydrogens is 376 g/mol. The number of hydrogen-bond donors (Lipinski definition) is 3. The average Bonchev–Trinajstić information content (AvgIpc) is 3.27. The normalized spacial score (nSPS) is 16.8. The summed E-state index contributed by atoms with van der Waals surface area (Å²) in [5.74, 6) is -0.0981. The van der Waals surface area contributed by atoms with Crippen LogP contribution in [0.25, 0.3) is 0 Å². The fraction of sp³-hybridized carbons (Fsp3) is 0.450. The molecule has 1 unspecified atom stereocenters. The second kappa shape index (κ2) is 9.66. The minimum absolute atomic E-state index is 0.0525. The van der Waals surface area contributed by atoms with Crippen LogP contribution in [0.5, 0.6) is 0 Å². The zero-order valence-electron chi connectivity index (χ0n) is 16.0. The predicted octanol–water partition coefficient (Wildman–Crippen LogP) is 2.77. The molecule has 0 spiro atoms. The Morgan fingerprint density at radius 2 is 1.93 bits per heavy atom. The lowest BCUT2D eigenvalue weighted by atomic mass is 10.0. The fourth-order valence-electron chi connectivity index (χ4n) is 3.39. The maximum Gasteiger partial charge on any atom is 0.404 e. The maximum atomic E-state index is 11.1. The molecule has 0 saturated carbocycles. The number of nitrogens with one attached hydrogen (secondary N) is 2. The number of thiazole rings is 1. The van der Waals surface area contributed by atoms with E-state index in [-0.39, 0.29) is 11.9 Å². The molecule has 1 aliphatic rings. The molecule has 2 heterocycles. The minimum Gasteiger partial charge on any atom is -0.465 e. The Balaban J connectivity index is 1.40. The molecular formula is C20H26N4O3S. The highest BCUT2D eigenvalue weighted by atomic mass is 32.1. The average molecular weight is 403 g/mol. The van der Waals surface area contributed by atoms with Gasteiger partial charge in [-0.15, -0.1) is 11.3 Å². The van der Waals surface area contributed by atoms with E-state index in [9.17, 15) is 9.59 Å². The number of carboxylic acid groups (broad SMARTS) is 1. The van der Waals surface area contributed by atoms with Crippen molar-refractivity contribution in [2.24, 2.45) is 0 Å². The highest BCUT2D eigenvalue weighted by Gasteiger charge is 2.23. The molecule has 150 valence electrons. The first-order valence-electron chi connectivity index (χ1n) is 9.49. The third kappa shape index (κ3) is 6.31. The number of anilines is 1. The number of aromatic nitrogens is 1. The quantitative estimate of drug-likeness (QED) is 0.631. The van der Waals surface area contributed by atoms with E-state index in [2.05, 4.69) is 44.8 Å². The van der Waals surface area contributed by atoms with E-state index in [4.69, 9.17) is 5.11 Å². The number of benzene rings is 1. The molecule has 28 heavy (non-hydrogen) atoms. The van der Waals surface area contributed by atoms with Crippen molar-refractivity contribution in [3.05, 3.63) is 46.5 Å². The van der Waals surface area contributed by atoms with Gasteiger partial charge < -0.3 is 20.6 Å². The van der Waals surface area contributed by atoms with Gasteiger partial charge in [0.25, 0.3) is 0 Å². The molecule has 0 aliphatic carbocycles. The van der Waals surface area contributed by atoms with Gasteiger partial charge in [-0.1, -0.05) is 24.3 Å². The van der Waals surface area contributed by atoms with Crippen LogP contribution in [0.4, 0.5) is 9.93 Å². The van der Waals surface area contributed by atoms with Crippen LogP contribution in [-0.2, 0) is 24.1 Å². The first-order chi connectivity index (χ1) is 13.5. The van der Waals surface area contributed by atoms with Crippen LogP contribution in [0.1, 0.15) is 30.2 Å². The van der Waals surface area contributed by atoms with E-state index < -0.39 is 6.09 Å². The molecule has 8 heteroatoms. The number of aryl methyl sites for hydroxylation is 2. The lowest BCUT2D eigenvalue weighted by Gasteiger charge is -2.16. The minimum atomic E-state index is -0.938. The van der Waals surface area contributed by atoms with Crippen molar-refractivity contribution in [1.29, 1.82) is 0 Å². The molecule has 3 N–H and O–H groups in total. The third-order valence-electron chi connectivity index (χ3n) is 4.84. The number of carbonyl (C=O) groups is 2. The van der Waals surface area contributed by atoms with Crippen LogP contribution in [-0.4, -0.2) is 52.7 Å². The molecule has 1 aromatic heterocycles. The largest absolute Gasteiger partial charge is 0.465 e. The van der Waals surface area contributed by atoms with Crippen molar-refractivity contribution < 1.29 is 14.7 Å². The fourth-order valence-corrected chi connectivity index (χ4v) is 4.18. The van der Waals surface area contributed by atoms with Crippen molar-refractivity contribution in [3.8, 4) is 0 Å². The van der Waals surface area contributed by atoms with E-state index in [1.807, 2.05) is 5.38 Å². The summed E-state index contributed by atoms with van der Waals surface area (Å²) in [7, 11) is 0. The van der Waals surface area contributed by atoms with Crippen molar-refractivity contribution in [2.75, 3.05) is 25.0 Å². The van der Waals surface area contributed by atoms with Crippen molar-refractivity contribution in [3.63, 3.8) is 0 Å². The Morgan fingerprint density at radius 3 is 2.61 bits per heavy atom. The van der Waals surface area contributed by atoms with Gasteiger partial charge in [0, 0.05) is 38.0 Å². The SMILES string of the molecule is CC(=O)Nc1nc(CCc2ccc(CCN3CCC(NC(=O)O)C3)cc2)cs1. The lowest BCUT2D eigenvalue weighted by Crippen LogP contribution is -2.36. The summed E-state index contributed by atoms with van der Waals surface area (Å²) in [5, 5.41) is 16.7. The lowest BCUT2D eigenvalue weighted by molar-refractivity contribution is -0.114. The van der Waals surface area contributed by atoms with Gasteiger partial charge in [0.2, 0.25) is 5.91 Å². The van der Waals surface area contributed by atoms with Gasteiger partial charge in [-0.2, -0.15) is 0 Å². The van der Waals surface area contributed by atoms with Gasteiger partial charge >= 0.3 is 6.09 Å². The Hall–Kier alpha value is -2.45. The Kier molecular flexibility index (Phi) is 7.00. The summed E-state index contributed by atoms with van der Waals surface area (Å²) < 4.78 is 0. The predicted molar refractivity (Wildman–Crippen MR) is 110 cm³/mol. The van der Waals surface area contributed by atoms with E-state index in [1.165, 1.54) is 29.4 Å². The molecule has 1 saturated heterocycles. The number of amides is 2. The number of likely N-dealkylation sites (tertiary alicyclic amines) is 1. The smallest absolute Gasteiger partial charge is 0.404 e. The highest BCUT2D eigenvalue weighted by molar-refractivity contribution is 7.13.